The van der Waals surface area contributed by atoms with E-state index in [4.69, 9.17) is 4.74 Å². The third-order valence-corrected chi connectivity index (χ3v) is 3.62. The smallest absolute Gasteiger partial charge is 0.330 e. The summed E-state index contributed by atoms with van der Waals surface area (Å²) in [7, 11) is 0. The molecule has 1 atom stereocenters. The van der Waals surface area contributed by atoms with Gasteiger partial charge in [0.1, 0.15) is 5.75 Å². The number of aryl methyl sites for hydroxylation is 2. The summed E-state index contributed by atoms with van der Waals surface area (Å²) in [5, 5.41) is 11.8. The fraction of sp³-hybridized carbons (Fsp3) is 0.263. The van der Waals surface area contributed by atoms with Crippen molar-refractivity contribution in [1.29, 1.82) is 0 Å². The predicted octanol–water partition coefficient (Wildman–Crippen LogP) is 3.01. The highest BCUT2D eigenvalue weighted by molar-refractivity contribution is 5.84. The second-order valence-electron chi connectivity index (χ2n) is 5.62. The SMILES string of the molecule is Cc1ccc(C)c(OCCC(=O)N[C@@H](C(=O)O)c2ccccc2)c1. The van der Waals surface area contributed by atoms with Gasteiger partial charge in [0.25, 0.3) is 0 Å². The Morgan fingerprint density at radius 3 is 2.50 bits per heavy atom. The Kier molecular flexibility index (Phi) is 5.95. The molecule has 0 saturated heterocycles. The van der Waals surface area contributed by atoms with Crippen molar-refractivity contribution in [2.75, 3.05) is 6.61 Å². The largest absolute Gasteiger partial charge is 0.493 e. The van der Waals surface area contributed by atoms with Crippen molar-refractivity contribution in [3.63, 3.8) is 0 Å². The molecule has 0 fully saturated rings. The number of benzene rings is 2. The van der Waals surface area contributed by atoms with Crippen LogP contribution in [0.25, 0.3) is 0 Å². The highest BCUT2D eigenvalue weighted by Crippen LogP contribution is 2.19. The Morgan fingerprint density at radius 1 is 1.12 bits per heavy atom. The minimum atomic E-state index is -1.09. The molecule has 0 saturated carbocycles. The maximum atomic E-state index is 12.0. The third-order valence-electron chi connectivity index (χ3n) is 3.62. The number of amides is 1. The van der Waals surface area contributed by atoms with E-state index in [1.54, 1.807) is 30.3 Å². The molecule has 0 spiro atoms. The molecule has 5 nitrogen and oxygen atoms in total. The monoisotopic (exact) mass is 327 g/mol. The van der Waals surface area contributed by atoms with Crippen LogP contribution in [0, 0.1) is 13.8 Å². The first kappa shape index (κ1) is 17.5. The first-order valence-corrected chi connectivity index (χ1v) is 7.74. The molecule has 0 aliphatic rings. The van der Waals surface area contributed by atoms with Gasteiger partial charge in [-0.05, 0) is 36.6 Å². The number of carboxylic acid groups (broad SMARTS) is 1. The summed E-state index contributed by atoms with van der Waals surface area (Å²) >= 11 is 0. The van der Waals surface area contributed by atoms with Gasteiger partial charge < -0.3 is 15.2 Å². The van der Waals surface area contributed by atoms with Crippen LogP contribution in [0.5, 0.6) is 5.75 Å². The Hall–Kier alpha value is -2.82. The van der Waals surface area contributed by atoms with Gasteiger partial charge in [0.05, 0.1) is 13.0 Å². The van der Waals surface area contributed by atoms with E-state index in [0.717, 1.165) is 16.9 Å². The zero-order valence-electron chi connectivity index (χ0n) is 13.8. The van der Waals surface area contributed by atoms with Gasteiger partial charge in [-0.1, -0.05) is 42.5 Å². The third kappa shape index (κ3) is 4.84. The molecule has 2 aromatic carbocycles. The fourth-order valence-electron chi connectivity index (χ4n) is 2.28. The van der Waals surface area contributed by atoms with Crippen LogP contribution in [0.3, 0.4) is 0 Å². The summed E-state index contributed by atoms with van der Waals surface area (Å²) in [5.74, 6) is -0.720. The van der Waals surface area contributed by atoms with Gasteiger partial charge in [-0.3, -0.25) is 4.79 Å². The molecule has 0 bridgehead atoms. The Labute approximate surface area is 141 Å². The van der Waals surface area contributed by atoms with E-state index in [1.807, 2.05) is 32.0 Å². The summed E-state index contributed by atoms with van der Waals surface area (Å²) in [6.07, 6.45) is 0.0873. The van der Waals surface area contributed by atoms with Gasteiger partial charge in [-0.25, -0.2) is 4.79 Å². The molecule has 1 amide bonds. The second-order valence-corrected chi connectivity index (χ2v) is 5.62. The average Bonchev–Trinajstić information content (AvgIpc) is 2.56. The van der Waals surface area contributed by atoms with E-state index < -0.39 is 12.0 Å². The second kappa shape index (κ2) is 8.15. The van der Waals surface area contributed by atoms with Crippen LogP contribution < -0.4 is 10.1 Å². The maximum absolute atomic E-state index is 12.0. The number of aliphatic carboxylic acids is 1. The van der Waals surface area contributed by atoms with Gasteiger partial charge in [-0.15, -0.1) is 0 Å². The molecule has 126 valence electrons. The highest BCUT2D eigenvalue weighted by Gasteiger charge is 2.21. The van der Waals surface area contributed by atoms with Crippen molar-refractivity contribution in [3.05, 3.63) is 65.2 Å². The lowest BCUT2D eigenvalue weighted by atomic mass is 10.1. The standard InChI is InChI=1S/C19H21NO4/c1-13-8-9-14(2)16(12-13)24-11-10-17(21)20-18(19(22)23)15-6-4-3-5-7-15/h3-9,12,18H,10-11H2,1-2H3,(H,20,21)(H,22,23)/t18-/m1/s1. The van der Waals surface area contributed by atoms with Crippen molar-refractivity contribution in [1.82, 2.24) is 5.32 Å². The molecule has 2 rings (SSSR count). The zero-order valence-corrected chi connectivity index (χ0v) is 13.8. The summed E-state index contributed by atoms with van der Waals surface area (Å²) in [6.45, 7) is 4.10. The molecule has 0 unspecified atom stereocenters. The van der Waals surface area contributed by atoms with Crippen molar-refractivity contribution in [2.24, 2.45) is 0 Å². The van der Waals surface area contributed by atoms with Gasteiger partial charge in [0.15, 0.2) is 6.04 Å². The number of ether oxygens (including phenoxy) is 1. The Morgan fingerprint density at radius 2 is 1.83 bits per heavy atom. The lowest BCUT2D eigenvalue weighted by Gasteiger charge is -2.15. The minimum Gasteiger partial charge on any atom is -0.493 e. The number of carbonyl (C=O) groups excluding carboxylic acids is 1. The van der Waals surface area contributed by atoms with Crippen LogP contribution >= 0.6 is 0 Å². The summed E-state index contributed by atoms with van der Waals surface area (Å²) in [6, 6.07) is 13.4. The van der Waals surface area contributed by atoms with Crippen molar-refractivity contribution in [2.45, 2.75) is 26.3 Å². The molecule has 2 N–H and O–H groups in total. The summed E-state index contributed by atoms with van der Waals surface area (Å²) in [4.78, 5) is 23.4. The summed E-state index contributed by atoms with van der Waals surface area (Å²) in [5.41, 5.74) is 2.61. The van der Waals surface area contributed by atoms with Gasteiger partial charge >= 0.3 is 5.97 Å². The number of nitrogens with one attached hydrogen (secondary N) is 1. The molecular weight excluding hydrogens is 306 g/mol. The van der Waals surface area contributed by atoms with Gasteiger partial charge in [0, 0.05) is 0 Å². The topological polar surface area (TPSA) is 75.6 Å². The van der Waals surface area contributed by atoms with Crippen molar-refractivity contribution >= 4 is 11.9 Å². The average molecular weight is 327 g/mol. The van der Waals surface area contributed by atoms with Crippen LogP contribution in [-0.2, 0) is 9.59 Å². The van der Waals surface area contributed by atoms with E-state index in [2.05, 4.69) is 5.32 Å². The number of hydrogen-bond acceptors (Lipinski definition) is 3. The van der Waals surface area contributed by atoms with E-state index in [0.29, 0.717) is 5.56 Å². The van der Waals surface area contributed by atoms with E-state index in [9.17, 15) is 14.7 Å². The fourth-order valence-corrected chi connectivity index (χ4v) is 2.28. The van der Waals surface area contributed by atoms with Crippen LogP contribution in [-0.4, -0.2) is 23.6 Å². The van der Waals surface area contributed by atoms with Crippen LogP contribution in [0.4, 0.5) is 0 Å². The Bertz CT molecular complexity index is 713. The van der Waals surface area contributed by atoms with Crippen LogP contribution in [0.1, 0.15) is 29.2 Å². The molecule has 5 heteroatoms. The quantitative estimate of drug-likeness (QED) is 0.819. The number of rotatable bonds is 7. The van der Waals surface area contributed by atoms with Crippen molar-refractivity contribution in [3.8, 4) is 5.75 Å². The number of carbonyl (C=O) groups is 2. The molecular formula is C19H21NO4. The first-order chi connectivity index (χ1) is 11.5. The van der Waals surface area contributed by atoms with Gasteiger partial charge in [-0.2, -0.15) is 0 Å². The predicted molar refractivity (Wildman–Crippen MR) is 91.0 cm³/mol. The van der Waals surface area contributed by atoms with Gasteiger partial charge in [0.2, 0.25) is 5.91 Å². The zero-order chi connectivity index (χ0) is 17.5. The highest BCUT2D eigenvalue weighted by atomic mass is 16.5. The van der Waals surface area contributed by atoms with E-state index in [1.165, 1.54) is 0 Å². The Balaban J connectivity index is 1.90. The number of hydrogen-bond donors (Lipinski definition) is 2. The molecule has 0 radical (unpaired) electrons. The van der Waals surface area contributed by atoms with E-state index >= 15 is 0 Å². The maximum Gasteiger partial charge on any atom is 0.330 e. The lowest BCUT2D eigenvalue weighted by Crippen LogP contribution is -2.34. The van der Waals surface area contributed by atoms with Crippen LogP contribution in [0.15, 0.2) is 48.5 Å². The molecule has 0 aliphatic heterocycles. The van der Waals surface area contributed by atoms with E-state index in [-0.39, 0.29) is 18.9 Å². The molecule has 0 aromatic heterocycles. The minimum absolute atomic E-state index is 0.0873. The number of carboxylic acids is 1. The molecule has 2 aromatic rings. The molecule has 0 aliphatic carbocycles. The summed E-state index contributed by atoms with van der Waals surface area (Å²) < 4.78 is 5.63. The molecule has 24 heavy (non-hydrogen) atoms. The molecule has 0 heterocycles. The first-order valence-electron chi connectivity index (χ1n) is 7.74. The van der Waals surface area contributed by atoms with Crippen molar-refractivity contribution < 1.29 is 19.4 Å². The lowest BCUT2D eigenvalue weighted by molar-refractivity contribution is -0.142. The normalized spacial score (nSPS) is 11.6. The van der Waals surface area contributed by atoms with Crippen LogP contribution in [0.2, 0.25) is 0 Å².